The van der Waals surface area contributed by atoms with Gasteiger partial charge >= 0.3 is 0 Å². The molecule has 0 spiro atoms. The van der Waals surface area contributed by atoms with Gasteiger partial charge < -0.3 is 5.32 Å². The minimum atomic E-state index is -0.0473. The molecule has 8 heteroatoms. The van der Waals surface area contributed by atoms with Gasteiger partial charge in [0.25, 0.3) is 0 Å². The summed E-state index contributed by atoms with van der Waals surface area (Å²) in [6.45, 7) is 0. The molecule has 24 heavy (non-hydrogen) atoms. The van der Waals surface area contributed by atoms with Crippen LogP contribution in [0.5, 0.6) is 0 Å². The summed E-state index contributed by atoms with van der Waals surface area (Å²) in [7, 11) is 0. The summed E-state index contributed by atoms with van der Waals surface area (Å²) in [5.41, 5.74) is 1.68. The molecular formula is C16H14BrN5OS. The van der Waals surface area contributed by atoms with Crippen molar-refractivity contribution in [1.82, 2.24) is 20.2 Å². The maximum atomic E-state index is 11.9. The lowest BCUT2D eigenvalue weighted by Crippen LogP contribution is -2.14. The fourth-order valence-electron chi connectivity index (χ4n) is 2.03. The lowest BCUT2D eigenvalue weighted by atomic mass is 10.3. The van der Waals surface area contributed by atoms with E-state index in [0.717, 1.165) is 15.8 Å². The summed E-state index contributed by atoms with van der Waals surface area (Å²) in [5, 5.41) is 14.6. The van der Waals surface area contributed by atoms with E-state index in [2.05, 4.69) is 36.8 Å². The van der Waals surface area contributed by atoms with Crippen LogP contribution in [-0.4, -0.2) is 31.9 Å². The van der Waals surface area contributed by atoms with Gasteiger partial charge in [-0.3, -0.25) is 4.79 Å². The third kappa shape index (κ3) is 4.42. The SMILES string of the molecule is O=C(CSCc1nnnn1-c1ccc(Br)cc1)Nc1ccccc1. The number of nitrogens with zero attached hydrogens (tertiary/aromatic N) is 4. The van der Waals surface area contributed by atoms with Crippen molar-refractivity contribution in [2.75, 3.05) is 11.1 Å². The molecule has 0 saturated carbocycles. The number of halogens is 1. The van der Waals surface area contributed by atoms with Gasteiger partial charge in [0.2, 0.25) is 5.91 Å². The number of aromatic nitrogens is 4. The van der Waals surface area contributed by atoms with Crippen molar-refractivity contribution >= 4 is 39.3 Å². The zero-order valence-corrected chi connectivity index (χ0v) is 15.0. The summed E-state index contributed by atoms with van der Waals surface area (Å²) in [6, 6.07) is 17.1. The first-order valence-corrected chi connectivity index (χ1v) is 9.13. The molecule has 6 nitrogen and oxygen atoms in total. The van der Waals surface area contributed by atoms with Crippen molar-refractivity contribution in [3.63, 3.8) is 0 Å². The number of thioether (sulfide) groups is 1. The van der Waals surface area contributed by atoms with Crippen molar-refractivity contribution in [3.05, 3.63) is 64.9 Å². The van der Waals surface area contributed by atoms with Gasteiger partial charge in [-0.05, 0) is 46.8 Å². The Morgan fingerprint density at radius 2 is 1.88 bits per heavy atom. The standard InChI is InChI=1S/C16H14BrN5OS/c17-12-6-8-14(9-7-12)22-15(19-20-21-22)10-24-11-16(23)18-13-4-2-1-3-5-13/h1-9H,10-11H2,(H,18,23). The second kappa shape index (κ2) is 8.07. The summed E-state index contributed by atoms with van der Waals surface area (Å²) in [6.07, 6.45) is 0. The largest absolute Gasteiger partial charge is 0.325 e. The Morgan fingerprint density at radius 3 is 2.62 bits per heavy atom. The highest BCUT2D eigenvalue weighted by Crippen LogP contribution is 2.17. The van der Waals surface area contributed by atoms with Crippen LogP contribution in [0.1, 0.15) is 5.82 Å². The second-order valence-corrected chi connectivity index (χ2v) is 6.79. The van der Waals surface area contributed by atoms with Crippen LogP contribution in [0.25, 0.3) is 5.69 Å². The monoisotopic (exact) mass is 403 g/mol. The molecule has 1 aromatic heterocycles. The number of hydrogen-bond acceptors (Lipinski definition) is 5. The molecule has 0 radical (unpaired) electrons. The van der Waals surface area contributed by atoms with E-state index in [0.29, 0.717) is 17.3 Å². The molecule has 0 atom stereocenters. The van der Waals surface area contributed by atoms with Gasteiger partial charge in [0.05, 0.1) is 17.2 Å². The predicted octanol–water partition coefficient (Wildman–Crippen LogP) is 3.30. The number of tetrazole rings is 1. The van der Waals surface area contributed by atoms with E-state index < -0.39 is 0 Å². The Balaban J connectivity index is 1.55. The highest BCUT2D eigenvalue weighted by molar-refractivity contribution is 9.10. The van der Waals surface area contributed by atoms with Gasteiger partial charge in [0.15, 0.2) is 5.82 Å². The Labute approximate surface area is 151 Å². The van der Waals surface area contributed by atoms with Gasteiger partial charge in [-0.15, -0.1) is 16.9 Å². The topological polar surface area (TPSA) is 72.7 Å². The molecule has 1 N–H and O–H groups in total. The number of carbonyl (C=O) groups is 1. The number of para-hydroxylation sites is 1. The van der Waals surface area contributed by atoms with Crippen LogP contribution in [0.3, 0.4) is 0 Å². The molecule has 1 heterocycles. The number of rotatable bonds is 6. The van der Waals surface area contributed by atoms with Crippen molar-refractivity contribution in [1.29, 1.82) is 0 Å². The Morgan fingerprint density at radius 1 is 1.12 bits per heavy atom. The van der Waals surface area contributed by atoms with Crippen LogP contribution in [0.4, 0.5) is 5.69 Å². The molecular weight excluding hydrogens is 390 g/mol. The molecule has 0 aliphatic rings. The summed E-state index contributed by atoms with van der Waals surface area (Å²) in [4.78, 5) is 11.9. The molecule has 0 saturated heterocycles. The summed E-state index contributed by atoms with van der Waals surface area (Å²) in [5.74, 6) is 1.54. The fraction of sp³-hybridized carbons (Fsp3) is 0.125. The van der Waals surface area contributed by atoms with Gasteiger partial charge in [-0.25, -0.2) is 0 Å². The minimum Gasteiger partial charge on any atom is -0.325 e. The molecule has 122 valence electrons. The fourth-order valence-corrected chi connectivity index (χ4v) is 3.02. The number of carbonyl (C=O) groups excluding carboxylic acids is 1. The average Bonchev–Trinajstić information content (AvgIpc) is 3.05. The van der Waals surface area contributed by atoms with Gasteiger partial charge in [0.1, 0.15) is 0 Å². The number of hydrogen-bond donors (Lipinski definition) is 1. The lowest BCUT2D eigenvalue weighted by molar-refractivity contribution is -0.113. The smallest absolute Gasteiger partial charge is 0.234 e. The average molecular weight is 404 g/mol. The molecule has 1 amide bonds. The van der Waals surface area contributed by atoms with Crippen LogP contribution < -0.4 is 5.32 Å². The van der Waals surface area contributed by atoms with E-state index in [9.17, 15) is 4.79 Å². The maximum Gasteiger partial charge on any atom is 0.234 e. The molecule has 3 aromatic rings. The minimum absolute atomic E-state index is 0.0473. The van der Waals surface area contributed by atoms with E-state index in [1.165, 1.54) is 11.8 Å². The van der Waals surface area contributed by atoms with Crippen LogP contribution in [0, 0.1) is 0 Å². The highest BCUT2D eigenvalue weighted by atomic mass is 79.9. The molecule has 3 rings (SSSR count). The van der Waals surface area contributed by atoms with Gasteiger partial charge in [0, 0.05) is 10.2 Å². The van der Waals surface area contributed by atoms with E-state index in [-0.39, 0.29) is 5.91 Å². The predicted molar refractivity (Wildman–Crippen MR) is 98.1 cm³/mol. The Bertz CT molecular complexity index is 807. The molecule has 0 aliphatic heterocycles. The number of amides is 1. The zero-order chi connectivity index (χ0) is 16.8. The summed E-state index contributed by atoms with van der Waals surface area (Å²) >= 11 is 4.87. The second-order valence-electron chi connectivity index (χ2n) is 4.89. The van der Waals surface area contributed by atoms with Gasteiger partial charge in [-0.1, -0.05) is 34.1 Å². The zero-order valence-electron chi connectivity index (χ0n) is 12.6. The van der Waals surface area contributed by atoms with Crippen molar-refractivity contribution in [2.24, 2.45) is 0 Å². The maximum absolute atomic E-state index is 11.9. The lowest BCUT2D eigenvalue weighted by Gasteiger charge is -2.06. The van der Waals surface area contributed by atoms with Crippen LogP contribution >= 0.6 is 27.7 Å². The first-order chi connectivity index (χ1) is 11.7. The van der Waals surface area contributed by atoms with Crippen LogP contribution in [-0.2, 0) is 10.5 Å². The first kappa shape index (κ1) is 16.7. The van der Waals surface area contributed by atoms with Crippen molar-refractivity contribution in [2.45, 2.75) is 5.75 Å². The van der Waals surface area contributed by atoms with E-state index in [1.54, 1.807) is 4.68 Å². The molecule has 0 aliphatic carbocycles. The van der Waals surface area contributed by atoms with E-state index in [4.69, 9.17) is 0 Å². The quantitative estimate of drug-likeness (QED) is 0.683. The molecule has 2 aromatic carbocycles. The highest BCUT2D eigenvalue weighted by Gasteiger charge is 2.10. The van der Waals surface area contributed by atoms with Gasteiger partial charge in [-0.2, -0.15) is 4.68 Å². The Kier molecular flexibility index (Phi) is 5.60. The van der Waals surface area contributed by atoms with E-state index >= 15 is 0 Å². The van der Waals surface area contributed by atoms with Crippen LogP contribution in [0.2, 0.25) is 0 Å². The molecule has 0 bridgehead atoms. The normalized spacial score (nSPS) is 10.5. The van der Waals surface area contributed by atoms with Crippen molar-refractivity contribution in [3.8, 4) is 5.69 Å². The Hall–Kier alpha value is -2.19. The number of nitrogens with one attached hydrogen (secondary N) is 1. The molecule has 0 unspecified atom stereocenters. The third-order valence-electron chi connectivity index (χ3n) is 3.13. The first-order valence-electron chi connectivity index (χ1n) is 7.18. The number of benzene rings is 2. The third-order valence-corrected chi connectivity index (χ3v) is 4.58. The van der Waals surface area contributed by atoms with Crippen molar-refractivity contribution < 1.29 is 4.79 Å². The van der Waals surface area contributed by atoms with E-state index in [1.807, 2.05) is 54.6 Å². The van der Waals surface area contributed by atoms with Crippen LogP contribution in [0.15, 0.2) is 59.1 Å². The summed E-state index contributed by atoms with van der Waals surface area (Å²) < 4.78 is 2.67. The number of anilines is 1. The molecule has 0 fully saturated rings.